The smallest absolute Gasteiger partial charge is 0.188 e. The number of halogens is 1. The van der Waals surface area contributed by atoms with Crippen LogP contribution < -0.4 is 9.47 Å². The first kappa shape index (κ1) is 17.8. The summed E-state index contributed by atoms with van der Waals surface area (Å²) in [6, 6.07) is 14.9. The van der Waals surface area contributed by atoms with Crippen LogP contribution in [0.5, 0.6) is 11.5 Å². The van der Waals surface area contributed by atoms with Crippen LogP contribution in [0, 0.1) is 0 Å². The lowest BCUT2D eigenvalue weighted by molar-refractivity contribution is 0.0504. The molecule has 0 N–H and O–H groups in total. The molecule has 0 atom stereocenters. The average Bonchev–Trinajstić information content (AvgIpc) is 3.03. The summed E-state index contributed by atoms with van der Waals surface area (Å²) in [6.07, 6.45) is 2.25. The number of likely N-dealkylation sites (tertiary alicyclic amines) is 1. The summed E-state index contributed by atoms with van der Waals surface area (Å²) in [5.41, 5.74) is 2.83. The minimum absolute atomic E-state index is 0.130. The number of methoxy groups -OCH3 is 1. The van der Waals surface area contributed by atoms with Crippen molar-refractivity contribution in [3.8, 4) is 11.5 Å². The lowest BCUT2D eigenvalue weighted by Crippen LogP contribution is -2.43. The zero-order chi connectivity index (χ0) is 18.0. The fourth-order valence-electron chi connectivity index (χ4n) is 4.01. The zero-order valence-corrected chi connectivity index (χ0v) is 16.6. The Kier molecular flexibility index (Phi) is 5.20. The predicted octanol–water partition coefficient (Wildman–Crippen LogP) is 4.36. The van der Waals surface area contributed by atoms with E-state index in [-0.39, 0.29) is 12.2 Å². The number of fused-ring (bicyclic) bond motifs is 2. The van der Waals surface area contributed by atoms with Crippen LogP contribution in [-0.4, -0.2) is 38.5 Å². The molecule has 0 aromatic heterocycles. The predicted molar refractivity (Wildman–Crippen MR) is 105 cm³/mol. The Labute approximate surface area is 163 Å². The molecule has 0 aliphatic carbocycles. The molecule has 0 unspecified atom stereocenters. The summed E-state index contributed by atoms with van der Waals surface area (Å²) in [5, 5.41) is 0. The summed E-state index contributed by atoms with van der Waals surface area (Å²) in [4.78, 5) is 2.55. The van der Waals surface area contributed by atoms with E-state index in [1.165, 1.54) is 11.1 Å². The fraction of sp³-hybridized carbons (Fsp3) is 0.429. The van der Waals surface area contributed by atoms with Gasteiger partial charge < -0.3 is 14.2 Å². The first-order valence-corrected chi connectivity index (χ1v) is 9.85. The van der Waals surface area contributed by atoms with E-state index in [1.54, 1.807) is 7.11 Å². The average molecular weight is 418 g/mol. The van der Waals surface area contributed by atoms with Gasteiger partial charge in [0, 0.05) is 24.6 Å². The second kappa shape index (κ2) is 7.59. The highest BCUT2D eigenvalue weighted by atomic mass is 79.9. The van der Waals surface area contributed by atoms with Crippen LogP contribution in [0.4, 0.5) is 0 Å². The van der Waals surface area contributed by atoms with Gasteiger partial charge in [-0.1, -0.05) is 36.4 Å². The second-order valence-corrected chi connectivity index (χ2v) is 7.93. The van der Waals surface area contributed by atoms with Crippen LogP contribution in [-0.2, 0) is 16.7 Å². The Morgan fingerprint density at radius 3 is 2.62 bits per heavy atom. The second-order valence-electron chi connectivity index (χ2n) is 7.14. The highest BCUT2D eigenvalue weighted by molar-refractivity contribution is 9.10. The van der Waals surface area contributed by atoms with Crippen molar-refractivity contribution in [3.05, 3.63) is 58.1 Å². The fourth-order valence-corrected chi connectivity index (χ4v) is 4.59. The molecule has 26 heavy (non-hydrogen) atoms. The normalized spacial score (nSPS) is 18.5. The molecule has 0 radical (unpaired) electrons. The molecular formula is C21H24BrNO3. The molecule has 0 amide bonds. The Morgan fingerprint density at radius 2 is 1.88 bits per heavy atom. The minimum Gasteiger partial charge on any atom is -0.491 e. The molecule has 1 fully saturated rings. The molecule has 4 rings (SSSR count). The third kappa shape index (κ3) is 3.36. The topological polar surface area (TPSA) is 30.9 Å². The van der Waals surface area contributed by atoms with Crippen LogP contribution in [0.3, 0.4) is 0 Å². The lowest BCUT2D eigenvalue weighted by atomic mass is 9.74. The number of hydrogen-bond acceptors (Lipinski definition) is 4. The van der Waals surface area contributed by atoms with Gasteiger partial charge in [0.05, 0.1) is 6.61 Å². The molecule has 2 aromatic carbocycles. The van der Waals surface area contributed by atoms with Crippen molar-refractivity contribution in [2.45, 2.75) is 24.8 Å². The molecule has 2 aliphatic rings. The van der Waals surface area contributed by atoms with Gasteiger partial charge in [0.1, 0.15) is 16.0 Å². The Morgan fingerprint density at radius 1 is 1.12 bits per heavy atom. The van der Waals surface area contributed by atoms with Crippen LogP contribution >= 0.6 is 15.9 Å². The quantitative estimate of drug-likeness (QED) is 0.676. The number of ether oxygens (including phenoxy) is 3. The van der Waals surface area contributed by atoms with Crippen LogP contribution in [0.15, 0.2) is 46.9 Å². The molecule has 4 nitrogen and oxygen atoms in total. The van der Waals surface area contributed by atoms with Gasteiger partial charge >= 0.3 is 0 Å². The third-order valence-electron chi connectivity index (χ3n) is 5.52. The number of benzene rings is 2. The van der Waals surface area contributed by atoms with Crippen LogP contribution in [0.1, 0.15) is 24.0 Å². The first-order valence-electron chi connectivity index (χ1n) is 9.06. The summed E-state index contributed by atoms with van der Waals surface area (Å²) in [6.45, 7) is 4.21. The van der Waals surface area contributed by atoms with Gasteiger partial charge in [0.15, 0.2) is 6.79 Å². The number of piperidine rings is 1. The van der Waals surface area contributed by atoms with E-state index in [2.05, 4.69) is 57.2 Å². The van der Waals surface area contributed by atoms with Crippen molar-refractivity contribution in [2.24, 2.45) is 0 Å². The van der Waals surface area contributed by atoms with E-state index in [4.69, 9.17) is 14.2 Å². The summed E-state index contributed by atoms with van der Waals surface area (Å²) < 4.78 is 17.6. The van der Waals surface area contributed by atoms with Crippen LogP contribution in [0.2, 0.25) is 0 Å². The van der Waals surface area contributed by atoms with Gasteiger partial charge in [-0.05, 0) is 53.5 Å². The van der Waals surface area contributed by atoms with Crippen molar-refractivity contribution < 1.29 is 14.2 Å². The Hall–Kier alpha value is -1.56. The molecule has 2 heterocycles. The van der Waals surface area contributed by atoms with Crippen molar-refractivity contribution in [3.63, 3.8) is 0 Å². The molecule has 5 heteroatoms. The van der Waals surface area contributed by atoms with E-state index in [0.29, 0.717) is 0 Å². The largest absolute Gasteiger partial charge is 0.491 e. The molecule has 2 aliphatic heterocycles. The van der Waals surface area contributed by atoms with E-state index in [0.717, 1.165) is 55.1 Å². The first-order chi connectivity index (χ1) is 12.7. The van der Waals surface area contributed by atoms with Gasteiger partial charge in [-0.2, -0.15) is 0 Å². The van der Waals surface area contributed by atoms with Crippen molar-refractivity contribution in [1.82, 2.24) is 4.90 Å². The number of rotatable bonds is 5. The van der Waals surface area contributed by atoms with Crippen LogP contribution in [0.25, 0.3) is 0 Å². The summed E-state index contributed by atoms with van der Waals surface area (Å²) in [5.74, 6) is 1.71. The maximum atomic E-state index is 6.11. The summed E-state index contributed by atoms with van der Waals surface area (Å²) in [7, 11) is 1.62. The monoisotopic (exact) mass is 417 g/mol. The maximum Gasteiger partial charge on any atom is 0.188 e. The Bertz CT molecular complexity index is 757. The summed E-state index contributed by atoms with van der Waals surface area (Å²) >= 11 is 3.65. The van der Waals surface area contributed by atoms with Gasteiger partial charge in [0.2, 0.25) is 0 Å². The van der Waals surface area contributed by atoms with Gasteiger partial charge in [-0.15, -0.1) is 0 Å². The maximum absolute atomic E-state index is 6.11. The number of nitrogens with zero attached hydrogens (tertiary/aromatic N) is 1. The van der Waals surface area contributed by atoms with Gasteiger partial charge in [-0.3, -0.25) is 4.90 Å². The van der Waals surface area contributed by atoms with E-state index >= 15 is 0 Å². The third-order valence-corrected chi connectivity index (χ3v) is 6.27. The van der Waals surface area contributed by atoms with Gasteiger partial charge in [-0.25, -0.2) is 0 Å². The highest BCUT2D eigenvalue weighted by Gasteiger charge is 2.44. The minimum atomic E-state index is 0.130. The molecule has 1 saturated heterocycles. The lowest BCUT2D eigenvalue weighted by Gasteiger charge is -2.38. The van der Waals surface area contributed by atoms with Crippen molar-refractivity contribution >= 4 is 15.9 Å². The van der Waals surface area contributed by atoms with E-state index < -0.39 is 0 Å². The standard InChI is InChI=1S/C21H24BrNO3/c1-24-15-26-18-8-7-17-20(19(18)22)25-14-21(17)9-11-23(12-10-21)13-16-5-3-2-4-6-16/h2-8H,9-15H2,1H3. The zero-order valence-electron chi connectivity index (χ0n) is 15.0. The SMILES string of the molecule is COCOc1ccc2c(c1Br)OCC21CCN(Cc2ccccc2)CC1. The molecule has 0 saturated carbocycles. The van der Waals surface area contributed by atoms with E-state index in [9.17, 15) is 0 Å². The highest BCUT2D eigenvalue weighted by Crippen LogP contribution is 2.51. The molecule has 138 valence electrons. The molecular weight excluding hydrogens is 394 g/mol. The van der Waals surface area contributed by atoms with E-state index in [1.807, 2.05) is 6.07 Å². The molecule has 1 spiro atoms. The molecule has 0 bridgehead atoms. The Balaban J connectivity index is 1.47. The van der Waals surface area contributed by atoms with Crippen molar-refractivity contribution in [1.29, 1.82) is 0 Å². The number of hydrogen-bond donors (Lipinski definition) is 0. The van der Waals surface area contributed by atoms with Crippen molar-refractivity contribution in [2.75, 3.05) is 33.6 Å². The molecule has 2 aromatic rings. The van der Waals surface area contributed by atoms with Gasteiger partial charge in [0.25, 0.3) is 0 Å².